The summed E-state index contributed by atoms with van der Waals surface area (Å²) >= 11 is 0. The molecule has 0 heterocycles. The third-order valence-corrected chi connectivity index (χ3v) is 2.58. The fourth-order valence-corrected chi connectivity index (χ4v) is 1.59. The van der Waals surface area contributed by atoms with Crippen LogP contribution in [0.15, 0.2) is 60.7 Å². The van der Waals surface area contributed by atoms with Gasteiger partial charge in [-0.3, -0.25) is 0 Å². The molecule has 0 spiro atoms. The molecule has 0 saturated carbocycles. The Morgan fingerprint density at radius 2 is 1.48 bits per heavy atom. The Morgan fingerprint density at radius 1 is 1.00 bits per heavy atom. The third kappa shape index (κ3) is 7.02. The van der Waals surface area contributed by atoms with Crippen molar-refractivity contribution in [1.82, 2.24) is 5.48 Å². The molecule has 0 amide bonds. The quantitative estimate of drug-likeness (QED) is 0.269. The molecule has 0 unspecified atom stereocenters. The maximum atomic E-state index is 12.1. The molecule has 2 aromatic rings. The average Bonchev–Trinajstić information content (AvgIpc) is 2.56. The predicted molar refractivity (Wildman–Crippen MR) is 82.2 cm³/mol. The minimum absolute atomic E-state index is 0. The van der Waals surface area contributed by atoms with Gasteiger partial charge in [0.05, 0.1) is 0 Å². The Bertz CT molecular complexity index is 533. The molecule has 0 fully saturated rings. The first kappa shape index (κ1) is 19.5. The van der Waals surface area contributed by atoms with Gasteiger partial charge < -0.3 is 21.5 Å². The number of hydrogen-bond donors (Lipinski definition) is 2. The topological polar surface area (TPSA) is 82.8 Å². The maximum Gasteiger partial charge on any atom is 1.00 e. The van der Waals surface area contributed by atoms with Gasteiger partial charge in [-0.15, -0.1) is 0 Å². The van der Waals surface area contributed by atoms with E-state index in [-0.39, 0.29) is 31.0 Å². The standard InChI is InChI=1S/C16H18N2O4.Na.H/c17-11-12-18-22-15(19)16(20-13-7-3-1-4-8-13)21-14-9-5-2-6-10-14;;/h1-10,16,18H,11-12,17H2;;/q;+1;-1. The number of carbonyl (C=O) groups is 1. The Kier molecular flexibility index (Phi) is 9.35. The summed E-state index contributed by atoms with van der Waals surface area (Å²) in [5, 5.41) is 0. The van der Waals surface area contributed by atoms with Crippen LogP contribution in [0.25, 0.3) is 0 Å². The molecule has 0 aliphatic carbocycles. The number of hydrogen-bond acceptors (Lipinski definition) is 6. The van der Waals surface area contributed by atoms with E-state index in [1.165, 1.54) is 0 Å². The van der Waals surface area contributed by atoms with Crippen LogP contribution >= 0.6 is 0 Å². The van der Waals surface area contributed by atoms with Crippen LogP contribution in [0, 0.1) is 0 Å². The molecule has 2 aromatic carbocycles. The predicted octanol–water partition coefficient (Wildman–Crippen LogP) is -1.41. The number of para-hydroxylation sites is 2. The van der Waals surface area contributed by atoms with Crippen LogP contribution in [0.2, 0.25) is 0 Å². The van der Waals surface area contributed by atoms with Crippen LogP contribution in [0.3, 0.4) is 0 Å². The van der Waals surface area contributed by atoms with E-state index in [1.54, 1.807) is 48.5 Å². The second kappa shape index (κ2) is 11.0. The summed E-state index contributed by atoms with van der Waals surface area (Å²) < 4.78 is 11.1. The van der Waals surface area contributed by atoms with Crippen LogP contribution < -0.4 is 50.2 Å². The van der Waals surface area contributed by atoms with Crippen LogP contribution in [0.1, 0.15) is 1.43 Å². The van der Waals surface area contributed by atoms with Crippen LogP contribution in [-0.2, 0) is 9.63 Å². The van der Waals surface area contributed by atoms with Crippen molar-refractivity contribution in [3.8, 4) is 11.5 Å². The summed E-state index contributed by atoms with van der Waals surface area (Å²) in [7, 11) is 0. The van der Waals surface area contributed by atoms with Gasteiger partial charge >= 0.3 is 41.8 Å². The zero-order chi connectivity index (χ0) is 15.6. The summed E-state index contributed by atoms with van der Waals surface area (Å²) in [4.78, 5) is 16.9. The number of rotatable bonds is 8. The molecule has 0 radical (unpaired) electrons. The molecule has 23 heavy (non-hydrogen) atoms. The molecule has 2 rings (SSSR count). The Morgan fingerprint density at radius 3 is 1.91 bits per heavy atom. The molecule has 3 N–H and O–H groups in total. The molecule has 118 valence electrons. The molecule has 0 aliphatic rings. The Balaban J connectivity index is 0.00000264. The van der Waals surface area contributed by atoms with Gasteiger partial charge in [-0.05, 0) is 24.3 Å². The van der Waals surface area contributed by atoms with E-state index >= 15 is 0 Å². The smallest absolute Gasteiger partial charge is 1.00 e. The first-order chi connectivity index (χ1) is 10.8. The molecular weight excluding hydrogens is 307 g/mol. The maximum absolute atomic E-state index is 12.1. The van der Waals surface area contributed by atoms with Gasteiger partial charge in [0.25, 0.3) is 0 Å². The van der Waals surface area contributed by atoms with Crippen molar-refractivity contribution in [1.29, 1.82) is 0 Å². The fraction of sp³-hybridized carbons (Fsp3) is 0.188. The molecule has 0 aromatic heterocycles. The van der Waals surface area contributed by atoms with Crippen LogP contribution in [-0.4, -0.2) is 25.3 Å². The summed E-state index contributed by atoms with van der Waals surface area (Å²) in [6.07, 6.45) is -1.23. The minimum atomic E-state index is -1.23. The normalized spacial score (nSPS) is 9.83. The van der Waals surface area contributed by atoms with Gasteiger partial charge in [-0.25, -0.2) is 4.79 Å². The van der Waals surface area contributed by atoms with E-state index in [1.807, 2.05) is 12.1 Å². The molecule has 0 atom stereocenters. The van der Waals surface area contributed by atoms with E-state index in [0.717, 1.165) is 0 Å². The van der Waals surface area contributed by atoms with E-state index < -0.39 is 12.3 Å². The molecule has 0 aliphatic heterocycles. The van der Waals surface area contributed by atoms with Gasteiger partial charge in [-0.2, -0.15) is 5.48 Å². The Labute approximate surface area is 158 Å². The zero-order valence-corrected chi connectivity index (χ0v) is 15.0. The number of hydroxylamine groups is 1. The van der Waals surface area contributed by atoms with Crippen molar-refractivity contribution in [3.05, 3.63) is 60.7 Å². The number of carbonyl (C=O) groups excluding carboxylic acids is 1. The fourth-order valence-electron chi connectivity index (χ4n) is 1.59. The minimum Gasteiger partial charge on any atom is -1.00 e. The summed E-state index contributed by atoms with van der Waals surface area (Å²) in [5.74, 6) is 0.305. The van der Waals surface area contributed by atoms with Crippen molar-refractivity contribution in [2.75, 3.05) is 13.1 Å². The van der Waals surface area contributed by atoms with Crippen molar-refractivity contribution in [2.45, 2.75) is 6.29 Å². The van der Waals surface area contributed by atoms with Crippen molar-refractivity contribution >= 4 is 5.97 Å². The Hall–Kier alpha value is -1.57. The van der Waals surface area contributed by atoms with Crippen molar-refractivity contribution in [3.63, 3.8) is 0 Å². The summed E-state index contributed by atoms with van der Waals surface area (Å²) in [6.45, 7) is 0.687. The number of nitrogens with two attached hydrogens (primary N) is 1. The molecule has 6 nitrogen and oxygen atoms in total. The van der Waals surface area contributed by atoms with E-state index in [0.29, 0.717) is 24.6 Å². The molecule has 0 saturated heterocycles. The first-order valence-electron chi connectivity index (χ1n) is 6.86. The zero-order valence-electron chi connectivity index (χ0n) is 14.0. The van der Waals surface area contributed by atoms with Gasteiger partial charge in [-0.1, -0.05) is 36.4 Å². The van der Waals surface area contributed by atoms with E-state index in [2.05, 4.69) is 5.48 Å². The first-order valence-corrected chi connectivity index (χ1v) is 6.86. The molecule has 7 heteroatoms. The third-order valence-electron chi connectivity index (χ3n) is 2.58. The van der Waals surface area contributed by atoms with Gasteiger partial charge in [0.1, 0.15) is 11.5 Å². The van der Waals surface area contributed by atoms with Crippen molar-refractivity contribution in [2.24, 2.45) is 5.73 Å². The molecule has 0 bridgehead atoms. The van der Waals surface area contributed by atoms with E-state index in [9.17, 15) is 4.79 Å². The van der Waals surface area contributed by atoms with E-state index in [4.69, 9.17) is 20.0 Å². The van der Waals surface area contributed by atoms with Crippen LogP contribution in [0.4, 0.5) is 0 Å². The second-order valence-corrected chi connectivity index (χ2v) is 4.30. The second-order valence-electron chi connectivity index (χ2n) is 4.30. The summed E-state index contributed by atoms with van der Waals surface area (Å²) in [6, 6.07) is 17.8. The molecular formula is C16H19N2NaO4. The summed E-state index contributed by atoms with van der Waals surface area (Å²) in [5.41, 5.74) is 7.77. The number of ether oxygens (including phenoxy) is 2. The van der Waals surface area contributed by atoms with Crippen LogP contribution in [0.5, 0.6) is 11.5 Å². The van der Waals surface area contributed by atoms with Gasteiger partial charge in [0.15, 0.2) is 0 Å². The van der Waals surface area contributed by atoms with Gasteiger partial charge in [0, 0.05) is 13.1 Å². The average molecular weight is 326 g/mol. The SMILES string of the molecule is NCCNOC(=O)C(Oc1ccccc1)Oc1ccccc1.[H-].[Na+]. The number of nitrogens with one attached hydrogen (secondary N) is 1. The monoisotopic (exact) mass is 326 g/mol. The van der Waals surface area contributed by atoms with Crippen molar-refractivity contribution < 1.29 is 50.1 Å². The van der Waals surface area contributed by atoms with Gasteiger partial charge in [0.2, 0.25) is 0 Å². The number of benzene rings is 2. The largest absolute Gasteiger partial charge is 1.00 e.